The molecule has 0 unspecified atom stereocenters. The molecular weight excluding hydrogens is 391 g/mol. The molecule has 0 fully saturated rings. The van der Waals surface area contributed by atoms with E-state index in [9.17, 15) is 22.8 Å². The summed E-state index contributed by atoms with van der Waals surface area (Å²) in [5.41, 5.74) is 0.828. The molecule has 1 aliphatic heterocycles. The van der Waals surface area contributed by atoms with Crippen molar-refractivity contribution in [1.82, 2.24) is 0 Å². The number of hydrogen-bond donors (Lipinski definition) is 1. The number of alkyl halides is 3. The summed E-state index contributed by atoms with van der Waals surface area (Å²) in [5.74, 6) is -0.971. The maximum Gasteiger partial charge on any atom is 0.471 e. The third-order valence-electron chi connectivity index (χ3n) is 3.96. The van der Waals surface area contributed by atoms with Crippen molar-refractivity contribution in [1.29, 1.82) is 0 Å². The quantitative estimate of drug-likeness (QED) is 0.602. The zero-order valence-electron chi connectivity index (χ0n) is 15.2. The van der Waals surface area contributed by atoms with E-state index in [0.717, 1.165) is 0 Å². The minimum absolute atomic E-state index is 0.0653. The van der Waals surface area contributed by atoms with Crippen LogP contribution in [-0.4, -0.2) is 38.2 Å². The Morgan fingerprint density at radius 1 is 1.10 bits per heavy atom. The molecule has 0 bridgehead atoms. The zero-order chi connectivity index (χ0) is 21.0. The molecule has 2 aromatic carbocycles. The van der Waals surface area contributed by atoms with E-state index in [0.29, 0.717) is 36.0 Å². The summed E-state index contributed by atoms with van der Waals surface area (Å²) in [4.78, 5) is 23.2. The highest BCUT2D eigenvalue weighted by atomic mass is 19.4. The summed E-state index contributed by atoms with van der Waals surface area (Å²) in [6.45, 7) is 0.815. The Labute approximate surface area is 163 Å². The van der Waals surface area contributed by atoms with Gasteiger partial charge in [0.1, 0.15) is 13.2 Å². The van der Waals surface area contributed by atoms with Gasteiger partial charge in [0.2, 0.25) is 5.75 Å². The topological polar surface area (TPSA) is 73.9 Å². The molecule has 0 saturated carbocycles. The second-order valence-electron chi connectivity index (χ2n) is 5.97. The summed E-state index contributed by atoms with van der Waals surface area (Å²) < 4.78 is 53.1. The molecular formula is C20H16F3NO5. The first-order valence-corrected chi connectivity index (χ1v) is 8.46. The molecule has 1 aliphatic rings. The minimum Gasteiger partial charge on any atom is -0.493 e. The van der Waals surface area contributed by atoms with Gasteiger partial charge in [-0.2, -0.15) is 13.2 Å². The van der Waals surface area contributed by atoms with Crippen LogP contribution in [0.25, 0.3) is 6.08 Å². The van der Waals surface area contributed by atoms with E-state index in [-0.39, 0.29) is 17.0 Å². The first-order chi connectivity index (χ1) is 13.8. The Balaban J connectivity index is 1.72. The van der Waals surface area contributed by atoms with Gasteiger partial charge in [-0.3, -0.25) is 9.59 Å². The lowest BCUT2D eigenvalue weighted by atomic mass is 10.1. The van der Waals surface area contributed by atoms with Crippen molar-refractivity contribution in [3.8, 4) is 17.2 Å². The molecule has 1 N–H and O–H groups in total. The van der Waals surface area contributed by atoms with Gasteiger partial charge in [-0.05, 0) is 48.0 Å². The van der Waals surface area contributed by atoms with Crippen LogP contribution in [0.3, 0.4) is 0 Å². The standard InChI is InChI=1S/C20H16F3NO5/c1-27-16-10-12(11-17-18(16)29-9-8-28-17)2-7-15(25)13-3-5-14(6-4-13)24-19(26)20(21,22)23/h2-7,10-11H,8-9H2,1H3,(H,24,26)/b7-2+. The summed E-state index contributed by atoms with van der Waals surface area (Å²) in [7, 11) is 1.49. The Kier molecular flexibility index (Phi) is 5.76. The summed E-state index contributed by atoms with van der Waals surface area (Å²) >= 11 is 0. The number of hydrogen-bond acceptors (Lipinski definition) is 5. The van der Waals surface area contributed by atoms with E-state index in [2.05, 4.69) is 0 Å². The Morgan fingerprint density at radius 2 is 1.79 bits per heavy atom. The van der Waals surface area contributed by atoms with Crippen LogP contribution in [0.5, 0.6) is 17.2 Å². The normalized spacial score (nSPS) is 13.2. The van der Waals surface area contributed by atoms with Crippen LogP contribution in [0.2, 0.25) is 0 Å². The third kappa shape index (κ3) is 4.87. The smallest absolute Gasteiger partial charge is 0.471 e. The van der Waals surface area contributed by atoms with Crippen LogP contribution < -0.4 is 19.5 Å². The van der Waals surface area contributed by atoms with E-state index in [4.69, 9.17) is 14.2 Å². The van der Waals surface area contributed by atoms with Gasteiger partial charge >= 0.3 is 12.1 Å². The average molecular weight is 407 g/mol. The molecule has 0 saturated heterocycles. The predicted octanol–water partition coefficient (Wildman–Crippen LogP) is 3.86. The number of carbonyl (C=O) groups is 2. The highest BCUT2D eigenvalue weighted by molar-refractivity contribution is 6.07. The number of carbonyl (C=O) groups excluding carboxylic acids is 2. The van der Waals surface area contributed by atoms with Crippen molar-refractivity contribution in [3.63, 3.8) is 0 Å². The number of benzene rings is 2. The molecule has 9 heteroatoms. The molecule has 1 heterocycles. The molecule has 0 aromatic heterocycles. The van der Waals surface area contributed by atoms with Crippen molar-refractivity contribution < 1.29 is 37.0 Å². The number of ether oxygens (including phenoxy) is 3. The fourth-order valence-corrected chi connectivity index (χ4v) is 2.58. The second-order valence-corrected chi connectivity index (χ2v) is 5.97. The Hall–Kier alpha value is -3.49. The highest BCUT2D eigenvalue weighted by Crippen LogP contribution is 2.40. The van der Waals surface area contributed by atoms with Crippen molar-refractivity contribution in [2.45, 2.75) is 6.18 Å². The molecule has 29 heavy (non-hydrogen) atoms. The number of ketones is 1. The molecule has 3 rings (SSSR count). The highest BCUT2D eigenvalue weighted by Gasteiger charge is 2.38. The molecule has 6 nitrogen and oxygen atoms in total. The molecule has 152 valence electrons. The lowest BCUT2D eigenvalue weighted by Gasteiger charge is -2.20. The monoisotopic (exact) mass is 407 g/mol. The van der Waals surface area contributed by atoms with E-state index >= 15 is 0 Å². The van der Waals surface area contributed by atoms with Crippen molar-refractivity contribution in [2.24, 2.45) is 0 Å². The fourth-order valence-electron chi connectivity index (χ4n) is 2.58. The van der Waals surface area contributed by atoms with Gasteiger partial charge < -0.3 is 19.5 Å². The molecule has 0 atom stereocenters. The predicted molar refractivity (Wildman–Crippen MR) is 98.5 cm³/mol. The van der Waals surface area contributed by atoms with Crippen LogP contribution in [0.15, 0.2) is 42.5 Å². The van der Waals surface area contributed by atoms with E-state index in [1.807, 2.05) is 0 Å². The lowest BCUT2D eigenvalue weighted by Crippen LogP contribution is -2.29. The Morgan fingerprint density at radius 3 is 2.45 bits per heavy atom. The molecule has 0 radical (unpaired) electrons. The van der Waals surface area contributed by atoms with Gasteiger partial charge in [-0.15, -0.1) is 0 Å². The number of anilines is 1. The molecule has 0 aliphatic carbocycles. The van der Waals surface area contributed by atoms with E-state index < -0.39 is 12.1 Å². The van der Waals surface area contributed by atoms with E-state index in [1.165, 1.54) is 37.5 Å². The largest absolute Gasteiger partial charge is 0.493 e. The van der Waals surface area contributed by atoms with Gasteiger partial charge in [0.05, 0.1) is 7.11 Å². The van der Waals surface area contributed by atoms with Gasteiger partial charge in [0.25, 0.3) is 0 Å². The Bertz CT molecular complexity index is 935. The number of halogens is 3. The van der Waals surface area contributed by atoms with Crippen molar-refractivity contribution in [2.75, 3.05) is 25.6 Å². The first kappa shape index (κ1) is 20.2. The second kappa shape index (κ2) is 8.26. The zero-order valence-corrected chi connectivity index (χ0v) is 15.2. The van der Waals surface area contributed by atoms with Gasteiger partial charge in [-0.1, -0.05) is 6.08 Å². The number of methoxy groups -OCH3 is 1. The number of amides is 1. The van der Waals surface area contributed by atoms with Gasteiger partial charge in [0.15, 0.2) is 17.3 Å². The van der Waals surface area contributed by atoms with Crippen LogP contribution >= 0.6 is 0 Å². The number of rotatable bonds is 5. The number of nitrogens with one attached hydrogen (secondary N) is 1. The van der Waals surface area contributed by atoms with Crippen molar-refractivity contribution >= 4 is 23.5 Å². The lowest BCUT2D eigenvalue weighted by molar-refractivity contribution is -0.167. The average Bonchev–Trinajstić information content (AvgIpc) is 2.71. The van der Waals surface area contributed by atoms with Crippen LogP contribution in [-0.2, 0) is 4.79 Å². The summed E-state index contributed by atoms with van der Waals surface area (Å²) in [6.07, 6.45) is -2.11. The van der Waals surface area contributed by atoms with Crippen LogP contribution in [0, 0.1) is 0 Å². The molecule has 2 aromatic rings. The first-order valence-electron chi connectivity index (χ1n) is 8.46. The molecule has 1 amide bonds. The van der Waals surface area contributed by atoms with Crippen LogP contribution in [0.4, 0.5) is 18.9 Å². The maximum atomic E-state index is 12.3. The number of allylic oxidation sites excluding steroid dienone is 1. The minimum atomic E-state index is -4.98. The number of fused-ring (bicyclic) bond motifs is 1. The van der Waals surface area contributed by atoms with E-state index in [1.54, 1.807) is 23.5 Å². The van der Waals surface area contributed by atoms with Crippen molar-refractivity contribution in [3.05, 3.63) is 53.6 Å². The SMILES string of the molecule is COc1cc(/C=C/C(=O)c2ccc(NC(=O)C(F)(F)F)cc2)cc2c1OCCO2. The van der Waals surface area contributed by atoms with Gasteiger partial charge in [-0.25, -0.2) is 0 Å². The maximum absolute atomic E-state index is 12.3. The fraction of sp³-hybridized carbons (Fsp3) is 0.200. The third-order valence-corrected chi connectivity index (χ3v) is 3.96. The molecule has 0 spiro atoms. The summed E-state index contributed by atoms with van der Waals surface area (Å²) in [6, 6.07) is 8.48. The summed E-state index contributed by atoms with van der Waals surface area (Å²) in [5, 5.41) is 1.71. The van der Waals surface area contributed by atoms with Gasteiger partial charge in [0, 0.05) is 11.3 Å². The van der Waals surface area contributed by atoms with Crippen LogP contribution in [0.1, 0.15) is 15.9 Å².